The van der Waals surface area contributed by atoms with Gasteiger partial charge in [0.15, 0.2) is 6.04 Å². The Morgan fingerprint density at radius 2 is 1.60 bits per heavy atom. The molecule has 0 spiro atoms. The normalized spacial score (nSPS) is 13.6. The van der Waals surface area contributed by atoms with Crippen molar-refractivity contribution in [2.75, 3.05) is 26.9 Å². The van der Waals surface area contributed by atoms with Crippen LogP contribution < -0.4 is 0 Å². The number of carbonyl (C=O) groups excluding carboxylic acids is 1. The highest BCUT2D eigenvalue weighted by molar-refractivity contribution is 5.81. The van der Waals surface area contributed by atoms with Crippen LogP contribution in [-0.4, -0.2) is 55.0 Å². The average Bonchev–Trinajstić information content (AvgIpc) is 3.05. The molecule has 2 aromatic rings. The molecule has 0 aromatic heterocycles. The molecular formula is C24H29NO5. The van der Waals surface area contributed by atoms with Crippen LogP contribution in [0.4, 0.5) is 4.79 Å². The van der Waals surface area contributed by atoms with Crippen molar-refractivity contribution in [1.82, 2.24) is 4.90 Å². The van der Waals surface area contributed by atoms with E-state index in [0.717, 1.165) is 33.6 Å². The van der Waals surface area contributed by atoms with Gasteiger partial charge in [-0.25, -0.2) is 9.59 Å². The van der Waals surface area contributed by atoms with E-state index in [1.165, 1.54) is 7.05 Å². The van der Waals surface area contributed by atoms with Crippen LogP contribution in [0, 0.1) is 5.92 Å². The minimum Gasteiger partial charge on any atom is -0.480 e. The molecule has 2 aromatic carbocycles. The maximum Gasteiger partial charge on any atom is 0.410 e. The third-order valence-corrected chi connectivity index (χ3v) is 5.49. The summed E-state index contributed by atoms with van der Waals surface area (Å²) >= 11 is 0. The summed E-state index contributed by atoms with van der Waals surface area (Å²) in [5.41, 5.74) is 4.51. The van der Waals surface area contributed by atoms with Crippen molar-refractivity contribution in [3.05, 3.63) is 59.7 Å². The zero-order valence-corrected chi connectivity index (χ0v) is 17.7. The molecule has 0 saturated heterocycles. The van der Waals surface area contributed by atoms with Crippen LogP contribution in [0.15, 0.2) is 48.5 Å². The van der Waals surface area contributed by atoms with E-state index in [9.17, 15) is 14.7 Å². The molecule has 0 fully saturated rings. The Morgan fingerprint density at radius 3 is 2.13 bits per heavy atom. The van der Waals surface area contributed by atoms with Crippen LogP contribution in [0.5, 0.6) is 0 Å². The topological polar surface area (TPSA) is 76.1 Å². The van der Waals surface area contributed by atoms with Crippen LogP contribution >= 0.6 is 0 Å². The summed E-state index contributed by atoms with van der Waals surface area (Å²) < 4.78 is 11.0. The van der Waals surface area contributed by atoms with Gasteiger partial charge in [-0.15, -0.1) is 0 Å². The number of aliphatic carboxylic acids is 1. The molecule has 1 aliphatic carbocycles. The van der Waals surface area contributed by atoms with E-state index in [1.54, 1.807) is 0 Å². The van der Waals surface area contributed by atoms with Crippen LogP contribution in [0.1, 0.15) is 37.3 Å². The van der Waals surface area contributed by atoms with Crippen LogP contribution in [-0.2, 0) is 14.3 Å². The lowest BCUT2D eigenvalue weighted by Crippen LogP contribution is -2.46. The quantitative estimate of drug-likeness (QED) is 0.620. The van der Waals surface area contributed by atoms with Crippen molar-refractivity contribution in [2.24, 2.45) is 5.92 Å². The first-order valence-electron chi connectivity index (χ1n) is 10.3. The summed E-state index contributed by atoms with van der Waals surface area (Å²) in [6.45, 7) is 4.68. The van der Waals surface area contributed by atoms with Crippen LogP contribution in [0.3, 0.4) is 0 Å². The number of hydrogen-bond acceptors (Lipinski definition) is 4. The van der Waals surface area contributed by atoms with Crippen molar-refractivity contribution in [3.63, 3.8) is 0 Å². The fourth-order valence-corrected chi connectivity index (χ4v) is 3.69. The van der Waals surface area contributed by atoms with E-state index in [4.69, 9.17) is 9.47 Å². The number of carboxylic acid groups (broad SMARTS) is 1. The summed E-state index contributed by atoms with van der Waals surface area (Å²) in [6, 6.07) is 15.1. The smallest absolute Gasteiger partial charge is 0.410 e. The van der Waals surface area contributed by atoms with Gasteiger partial charge in [0.05, 0.1) is 6.61 Å². The minimum atomic E-state index is -1.12. The van der Waals surface area contributed by atoms with E-state index in [0.29, 0.717) is 12.5 Å². The molecule has 160 valence electrons. The van der Waals surface area contributed by atoms with E-state index >= 15 is 0 Å². The van der Waals surface area contributed by atoms with E-state index < -0.39 is 18.1 Å². The van der Waals surface area contributed by atoms with Crippen molar-refractivity contribution in [2.45, 2.75) is 32.2 Å². The highest BCUT2D eigenvalue weighted by Gasteiger charge is 2.32. The maximum atomic E-state index is 12.6. The first-order valence-corrected chi connectivity index (χ1v) is 10.3. The number of carboxylic acids is 1. The number of hydrogen-bond donors (Lipinski definition) is 1. The standard InChI is InChI=1S/C24H29NO5/c1-16(2)12-13-29-15-22(23(26)27)25(3)24(28)30-14-21-19-10-6-4-8-17(19)18-9-5-7-11-20(18)21/h4-11,16,21-22H,12-15H2,1-3H3,(H,26,27)/t22-/m0/s1. The van der Waals surface area contributed by atoms with E-state index in [-0.39, 0.29) is 19.1 Å². The maximum absolute atomic E-state index is 12.6. The van der Waals surface area contributed by atoms with Gasteiger partial charge in [0.1, 0.15) is 6.61 Å². The van der Waals surface area contributed by atoms with Gasteiger partial charge in [-0.1, -0.05) is 62.4 Å². The molecule has 0 aliphatic heterocycles. The van der Waals surface area contributed by atoms with Gasteiger partial charge in [0.25, 0.3) is 0 Å². The Morgan fingerprint density at radius 1 is 1.03 bits per heavy atom. The predicted molar refractivity (Wildman–Crippen MR) is 115 cm³/mol. The van der Waals surface area contributed by atoms with Crippen molar-refractivity contribution in [3.8, 4) is 11.1 Å². The SMILES string of the molecule is CC(C)CCOC[C@@H](C(=O)O)N(C)C(=O)OCC1c2ccccc2-c2ccccc21. The van der Waals surface area contributed by atoms with Gasteiger partial charge in [-0.2, -0.15) is 0 Å². The molecule has 0 heterocycles. The summed E-state index contributed by atoms with van der Waals surface area (Å²) in [6.07, 6.45) is 0.165. The number of carbonyl (C=O) groups is 2. The second-order valence-electron chi connectivity index (χ2n) is 8.03. The number of amides is 1. The number of nitrogens with zero attached hydrogens (tertiary/aromatic N) is 1. The Bertz CT molecular complexity index is 849. The molecule has 0 saturated carbocycles. The third kappa shape index (κ3) is 4.82. The van der Waals surface area contributed by atoms with E-state index in [1.807, 2.05) is 36.4 Å². The molecule has 0 radical (unpaired) electrons. The molecule has 1 aliphatic rings. The van der Waals surface area contributed by atoms with Crippen LogP contribution in [0.25, 0.3) is 11.1 Å². The largest absolute Gasteiger partial charge is 0.480 e. The highest BCUT2D eigenvalue weighted by atomic mass is 16.6. The Balaban J connectivity index is 1.63. The summed E-state index contributed by atoms with van der Waals surface area (Å²) in [7, 11) is 1.43. The molecule has 1 amide bonds. The Hall–Kier alpha value is -2.86. The van der Waals surface area contributed by atoms with Gasteiger partial charge in [-0.3, -0.25) is 4.90 Å². The number of ether oxygens (including phenoxy) is 2. The second-order valence-corrected chi connectivity index (χ2v) is 8.03. The van der Waals surface area contributed by atoms with Crippen molar-refractivity contribution >= 4 is 12.1 Å². The lowest BCUT2D eigenvalue weighted by atomic mass is 9.98. The number of rotatable bonds is 9. The molecule has 0 unspecified atom stereocenters. The minimum absolute atomic E-state index is 0.0667. The molecular weight excluding hydrogens is 382 g/mol. The lowest BCUT2D eigenvalue weighted by Gasteiger charge is -2.25. The average molecular weight is 411 g/mol. The summed E-state index contributed by atoms with van der Waals surface area (Å²) in [5, 5.41) is 9.51. The number of fused-ring (bicyclic) bond motifs is 3. The number of likely N-dealkylation sites (N-methyl/N-ethyl adjacent to an activating group) is 1. The highest BCUT2D eigenvalue weighted by Crippen LogP contribution is 2.44. The molecule has 6 heteroatoms. The first-order chi connectivity index (χ1) is 14.4. The third-order valence-electron chi connectivity index (χ3n) is 5.49. The molecule has 3 rings (SSSR count). The van der Waals surface area contributed by atoms with Crippen molar-refractivity contribution < 1.29 is 24.2 Å². The fraction of sp³-hybridized carbons (Fsp3) is 0.417. The summed E-state index contributed by atoms with van der Waals surface area (Å²) in [5.74, 6) is -0.719. The number of benzene rings is 2. The van der Waals surface area contributed by atoms with E-state index in [2.05, 4.69) is 26.0 Å². The summed E-state index contributed by atoms with van der Waals surface area (Å²) in [4.78, 5) is 25.3. The first kappa shape index (κ1) is 21.8. The zero-order valence-electron chi connectivity index (χ0n) is 17.7. The lowest BCUT2D eigenvalue weighted by molar-refractivity contribution is -0.144. The van der Waals surface area contributed by atoms with Gasteiger partial charge < -0.3 is 14.6 Å². The van der Waals surface area contributed by atoms with Crippen LogP contribution in [0.2, 0.25) is 0 Å². The Kier molecular flexibility index (Phi) is 7.11. The fourth-order valence-electron chi connectivity index (χ4n) is 3.69. The van der Waals surface area contributed by atoms with Gasteiger partial charge in [0.2, 0.25) is 0 Å². The van der Waals surface area contributed by atoms with Gasteiger partial charge >= 0.3 is 12.1 Å². The second kappa shape index (κ2) is 9.76. The molecule has 0 bridgehead atoms. The predicted octanol–water partition coefficient (Wildman–Crippen LogP) is 4.38. The molecule has 6 nitrogen and oxygen atoms in total. The van der Waals surface area contributed by atoms with Crippen molar-refractivity contribution in [1.29, 1.82) is 0 Å². The molecule has 1 atom stereocenters. The zero-order chi connectivity index (χ0) is 21.7. The Labute approximate surface area is 177 Å². The van der Waals surface area contributed by atoms with Gasteiger partial charge in [-0.05, 0) is 34.6 Å². The molecule has 1 N–H and O–H groups in total. The molecule has 30 heavy (non-hydrogen) atoms. The monoisotopic (exact) mass is 411 g/mol. The van der Waals surface area contributed by atoms with Gasteiger partial charge in [0, 0.05) is 19.6 Å².